The second-order valence-corrected chi connectivity index (χ2v) is 13.5. The van der Waals surface area contributed by atoms with Crippen molar-refractivity contribution in [2.45, 2.75) is 109 Å². The van der Waals surface area contributed by atoms with E-state index in [4.69, 9.17) is 23.7 Å². The third-order valence-corrected chi connectivity index (χ3v) is 10.5. The van der Waals surface area contributed by atoms with Gasteiger partial charge in [-0.2, -0.15) is 0 Å². The highest BCUT2D eigenvalue weighted by atomic mass is 16.6. The molecule has 3 N–H and O–H groups in total. The molecule has 1 aliphatic heterocycles. The van der Waals surface area contributed by atoms with Crippen LogP contribution in [0.1, 0.15) is 71.7 Å². The molecule has 3 aliphatic carbocycles. The fourth-order valence-electron chi connectivity index (χ4n) is 8.81. The average Bonchev–Trinajstić information content (AvgIpc) is 3.44. The van der Waals surface area contributed by atoms with Crippen molar-refractivity contribution in [3.05, 3.63) is 47.0 Å². The van der Waals surface area contributed by atoms with Crippen LogP contribution in [0.2, 0.25) is 0 Å². The highest BCUT2D eigenvalue weighted by Gasteiger charge is 2.80. The maximum absolute atomic E-state index is 13.7. The maximum Gasteiger partial charge on any atom is 0.338 e. The van der Waals surface area contributed by atoms with Gasteiger partial charge in [-0.05, 0) is 44.1 Å². The molecule has 0 unspecified atom stereocenters. The Bertz CT molecular complexity index is 1410. The lowest BCUT2D eigenvalue weighted by molar-refractivity contribution is -0.252. The SMILES string of the molecule is CC(=O)O[C@H]1C[C@]2(C(C)(C)O)C(=C1C)[C@@H](O)[C@@H](OC(=O)c1ccccc1)[C@]1(C)[C@@H](OC(C)=O)C[C@H](O)[C@@]3(OC(C)=O)CO[C@H]2[C@H]31. The van der Waals surface area contributed by atoms with Gasteiger partial charge >= 0.3 is 23.9 Å². The van der Waals surface area contributed by atoms with Gasteiger partial charge in [0.15, 0.2) is 5.60 Å². The van der Waals surface area contributed by atoms with Gasteiger partial charge in [0.25, 0.3) is 0 Å². The smallest absolute Gasteiger partial charge is 0.338 e. The quantitative estimate of drug-likeness (QED) is 0.237. The van der Waals surface area contributed by atoms with Crippen LogP contribution >= 0.6 is 0 Å². The zero-order valence-electron chi connectivity index (χ0n) is 26.6. The largest absolute Gasteiger partial charge is 0.462 e. The van der Waals surface area contributed by atoms with Gasteiger partial charge in [-0.15, -0.1) is 0 Å². The lowest BCUT2D eigenvalue weighted by Crippen LogP contribution is -2.70. The van der Waals surface area contributed by atoms with Gasteiger partial charge in [0.2, 0.25) is 0 Å². The second kappa shape index (κ2) is 11.2. The Labute approximate surface area is 261 Å². The number of rotatable bonds is 6. The number of aliphatic hydroxyl groups is 3. The molecule has 10 atom stereocenters. The molecule has 0 bridgehead atoms. The lowest BCUT2D eigenvalue weighted by Gasteiger charge is -2.57. The average molecular weight is 631 g/mol. The third-order valence-electron chi connectivity index (χ3n) is 10.5. The number of hydrogen-bond donors (Lipinski definition) is 3. The molecule has 0 spiro atoms. The van der Waals surface area contributed by atoms with Gasteiger partial charge in [0.1, 0.15) is 30.5 Å². The minimum absolute atomic E-state index is 0.0324. The van der Waals surface area contributed by atoms with Crippen molar-refractivity contribution in [2.24, 2.45) is 16.7 Å². The molecule has 0 amide bonds. The number of esters is 4. The normalized spacial score (nSPS) is 38.8. The molecule has 1 aromatic rings. The molecule has 5 rings (SSSR count). The summed E-state index contributed by atoms with van der Waals surface area (Å²) in [7, 11) is 0. The van der Waals surface area contributed by atoms with Crippen molar-refractivity contribution < 1.29 is 58.2 Å². The van der Waals surface area contributed by atoms with Crippen LogP contribution in [0, 0.1) is 16.7 Å². The predicted octanol–water partition coefficient (Wildman–Crippen LogP) is 2.02. The summed E-state index contributed by atoms with van der Waals surface area (Å²) in [6, 6.07) is 8.12. The van der Waals surface area contributed by atoms with E-state index in [0.29, 0.717) is 5.57 Å². The summed E-state index contributed by atoms with van der Waals surface area (Å²) < 4.78 is 30.2. The van der Waals surface area contributed by atoms with Crippen molar-refractivity contribution in [2.75, 3.05) is 6.61 Å². The Morgan fingerprint density at radius 2 is 1.58 bits per heavy atom. The first-order valence-electron chi connectivity index (χ1n) is 15.1. The zero-order valence-corrected chi connectivity index (χ0v) is 26.6. The third kappa shape index (κ3) is 4.88. The first kappa shape index (κ1) is 33.1. The Kier molecular flexibility index (Phi) is 8.21. The number of ether oxygens (including phenoxy) is 5. The first-order chi connectivity index (χ1) is 20.9. The van der Waals surface area contributed by atoms with Crippen molar-refractivity contribution >= 4 is 23.9 Å². The number of hydrogen-bond acceptors (Lipinski definition) is 12. The van der Waals surface area contributed by atoms with Gasteiger partial charge in [-0.3, -0.25) is 14.4 Å². The standard InChI is InChI=1S/C33H42O12/c1-16-21(42-17(2)34)14-32(30(5,6)40)24(16)25(38)27(44-29(39)20-11-9-8-10-12-20)31(7)23(43-18(3)35)13-22(37)33(45-19(4)36)15-41-28(32)26(31)33/h8-12,21-23,25-28,37-38,40H,13-15H2,1-7H3/t21-,22-,23-,25+,26-,27+,28-,31+,32-,33-/m0/s1. The molecule has 1 aromatic carbocycles. The molecule has 1 saturated heterocycles. The van der Waals surface area contributed by atoms with Gasteiger partial charge in [-0.25, -0.2) is 4.79 Å². The van der Waals surface area contributed by atoms with Crippen molar-refractivity contribution in [3.63, 3.8) is 0 Å². The van der Waals surface area contributed by atoms with E-state index in [1.54, 1.807) is 44.2 Å². The van der Waals surface area contributed by atoms with Crippen molar-refractivity contribution in [1.29, 1.82) is 0 Å². The van der Waals surface area contributed by atoms with Crippen LogP contribution in [-0.2, 0) is 38.1 Å². The fraction of sp³-hybridized carbons (Fsp3) is 0.636. The lowest BCUT2D eigenvalue weighted by atomic mass is 9.52. The highest BCUT2D eigenvalue weighted by Crippen LogP contribution is 2.69. The van der Waals surface area contributed by atoms with Gasteiger partial charge < -0.3 is 39.0 Å². The van der Waals surface area contributed by atoms with Crippen molar-refractivity contribution in [1.82, 2.24) is 0 Å². The zero-order chi connectivity index (χ0) is 33.3. The molecule has 3 fully saturated rings. The molecule has 246 valence electrons. The molecule has 12 nitrogen and oxygen atoms in total. The van der Waals surface area contributed by atoms with Crippen LogP contribution in [0.15, 0.2) is 41.5 Å². The molecule has 2 saturated carbocycles. The number of benzene rings is 1. The van der Waals surface area contributed by atoms with Crippen LogP contribution < -0.4 is 0 Å². The Morgan fingerprint density at radius 1 is 0.956 bits per heavy atom. The molecule has 12 heteroatoms. The molecular weight excluding hydrogens is 588 g/mol. The molecule has 1 heterocycles. The topological polar surface area (TPSA) is 175 Å². The van der Waals surface area contributed by atoms with Crippen LogP contribution in [-0.4, -0.2) is 93.6 Å². The number of carbonyl (C=O) groups excluding carboxylic acids is 4. The van der Waals surface area contributed by atoms with Gasteiger partial charge in [0, 0.05) is 39.5 Å². The van der Waals surface area contributed by atoms with Crippen LogP contribution in [0.25, 0.3) is 0 Å². The summed E-state index contributed by atoms with van der Waals surface area (Å²) >= 11 is 0. The first-order valence-corrected chi connectivity index (χ1v) is 15.1. The summed E-state index contributed by atoms with van der Waals surface area (Å²) in [6.45, 7) is 9.73. The maximum atomic E-state index is 13.7. The minimum atomic E-state index is -1.75. The van der Waals surface area contributed by atoms with E-state index in [2.05, 4.69) is 0 Å². The van der Waals surface area contributed by atoms with E-state index in [1.165, 1.54) is 34.6 Å². The Balaban J connectivity index is 1.84. The molecular formula is C33H42O12. The number of aliphatic hydroxyl groups excluding tert-OH is 2. The van der Waals surface area contributed by atoms with Gasteiger partial charge in [-0.1, -0.05) is 25.1 Å². The minimum Gasteiger partial charge on any atom is -0.462 e. The molecule has 4 aliphatic rings. The van der Waals surface area contributed by atoms with E-state index in [1.807, 2.05) is 0 Å². The van der Waals surface area contributed by atoms with E-state index in [-0.39, 0.29) is 30.6 Å². The van der Waals surface area contributed by atoms with E-state index in [0.717, 1.165) is 0 Å². The number of carbonyl (C=O) groups is 4. The van der Waals surface area contributed by atoms with Crippen molar-refractivity contribution in [3.8, 4) is 0 Å². The van der Waals surface area contributed by atoms with E-state index < -0.39 is 88.5 Å². The molecule has 0 aromatic heterocycles. The highest BCUT2D eigenvalue weighted by molar-refractivity contribution is 5.89. The van der Waals surface area contributed by atoms with Crippen LogP contribution in [0.4, 0.5) is 0 Å². The summed E-state index contributed by atoms with van der Waals surface area (Å²) in [5.41, 5.74) is -5.65. The number of fused-ring (bicyclic) bond motifs is 2. The molecule has 45 heavy (non-hydrogen) atoms. The second-order valence-electron chi connectivity index (χ2n) is 13.5. The predicted molar refractivity (Wildman–Crippen MR) is 155 cm³/mol. The molecule has 0 radical (unpaired) electrons. The van der Waals surface area contributed by atoms with Crippen LogP contribution in [0.3, 0.4) is 0 Å². The monoisotopic (exact) mass is 630 g/mol. The fourth-order valence-corrected chi connectivity index (χ4v) is 8.81. The summed E-state index contributed by atoms with van der Waals surface area (Å²) in [4.78, 5) is 51.1. The Morgan fingerprint density at radius 3 is 2.13 bits per heavy atom. The summed E-state index contributed by atoms with van der Waals surface area (Å²) in [5, 5.41) is 36.3. The van der Waals surface area contributed by atoms with Gasteiger partial charge in [0.05, 0.1) is 34.7 Å². The summed E-state index contributed by atoms with van der Waals surface area (Å²) in [5.74, 6) is -3.89. The van der Waals surface area contributed by atoms with Crippen LogP contribution in [0.5, 0.6) is 0 Å². The van der Waals surface area contributed by atoms with E-state index >= 15 is 0 Å². The Hall–Kier alpha value is -3.32. The van der Waals surface area contributed by atoms with E-state index in [9.17, 15) is 34.5 Å². The summed E-state index contributed by atoms with van der Waals surface area (Å²) in [6.07, 6.45) is -7.97.